The molecule has 4 aromatic rings. The van der Waals surface area contributed by atoms with Crippen LogP contribution in [0.3, 0.4) is 0 Å². The Morgan fingerprint density at radius 2 is 2.00 bits per heavy atom. The third-order valence-electron chi connectivity index (χ3n) is 4.43. The van der Waals surface area contributed by atoms with E-state index in [-0.39, 0.29) is 18.4 Å². The Labute approximate surface area is 192 Å². The summed E-state index contributed by atoms with van der Waals surface area (Å²) in [5, 5.41) is 9.03. The number of aromatic nitrogens is 2. The lowest BCUT2D eigenvalue weighted by molar-refractivity contribution is -0.118. The van der Waals surface area contributed by atoms with Crippen molar-refractivity contribution in [1.29, 1.82) is 0 Å². The highest BCUT2D eigenvalue weighted by Gasteiger charge is 2.16. The fourth-order valence-electron chi connectivity index (χ4n) is 2.93. The van der Waals surface area contributed by atoms with Gasteiger partial charge in [0.2, 0.25) is 0 Å². The van der Waals surface area contributed by atoms with Crippen LogP contribution in [-0.4, -0.2) is 34.0 Å². The van der Waals surface area contributed by atoms with Gasteiger partial charge >= 0.3 is 0 Å². The summed E-state index contributed by atoms with van der Waals surface area (Å²) in [5.74, 6) is -0.134. The Bertz CT molecular complexity index is 1300. The van der Waals surface area contributed by atoms with E-state index >= 15 is 0 Å². The molecular formula is C22H18ClN5O3S. The molecule has 2 N–H and O–H groups in total. The predicted octanol–water partition coefficient (Wildman–Crippen LogP) is 4.14. The number of hydrazone groups is 1. The van der Waals surface area contributed by atoms with Gasteiger partial charge in [0.1, 0.15) is 11.4 Å². The number of halogens is 1. The number of rotatable bonds is 7. The predicted molar refractivity (Wildman–Crippen MR) is 125 cm³/mol. The zero-order chi connectivity index (χ0) is 22.5. The van der Waals surface area contributed by atoms with E-state index in [9.17, 15) is 9.59 Å². The number of carbonyl (C=O) groups is 2. The maximum atomic E-state index is 12.4. The molecule has 0 atom stereocenters. The summed E-state index contributed by atoms with van der Waals surface area (Å²) < 4.78 is 7.23. The molecule has 0 fully saturated rings. The molecule has 0 unspecified atom stereocenters. The number of thiazole rings is 1. The molecule has 0 aliphatic carbocycles. The number of ether oxygens (including phenoxy) is 1. The Kier molecular flexibility index (Phi) is 6.48. The first-order valence-corrected chi connectivity index (χ1v) is 10.8. The summed E-state index contributed by atoms with van der Waals surface area (Å²) in [6.07, 6.45) is 3.32. The van der Waals surface area contributed by atoms with Crippen molar-refractivity contribution in [2.75, 3.05) is 11.9 Å². The van der Waals surface area contributed by atoms with Crippen LogP contribution in [-0.2, 0) is 4.79 Å². The average Bonchev–Trinajstić information content (AvgIpc) is 3.34. The summed E-state index contributed by atoms with van der Waals surface area (Å²) >= 11 is 7.48. The van der Waals surface area contributed by atoms with Crippen LogP contribution in [0, 0.1) is 6.92 Å². The molecule has 10 heteroatoms. The van der Waals surface area contributed by atoms with Crippen LogP contribution in [0.5, 0.6) is 5.75 Å². The molecule has 4 rings (SSSR count). The van der Waals surface area contributed by atoms with Crippen LogP contribution in [0.1, 0.15) is 21.7 Å². The SMILES string of the molecule is Cc1nc2sccn2c1C(=O)N/N=C\c1ccc(OCC(=O)Nc2ccccc2Cl)cc1. The number of imidazole rings is 1. The van der Waals surface area contributed by atoms with Gasteiger partial charge in [-0.05, 0) is 48.9 Å². The van der Waals surface area contributed by atoms with E-state index in [1.165, 1.54) is 17.6 Å². The van der Waals surface area contributed by atoms with E-state index in [0.717, 1.165) is 10.5 Å². The van der Waals surface area contributed by atoms with Crippen molar-refractivity contribution in [3.63, 3.8) is 0 Å². The van der Waals surface area contributed by atoms with Crippen molar-refractivity contribution in [3.8, 4) is 5.75 Å². The van der Waals surface area contributed by atoms with Gasteiger partial charge in [-0.15, -0.1) is 11.3 Å². The van der Waals surface area contributed by atoms with Crippen LogP contribution in [0.15, 0.2) is 65.2 Å². The van der Waals surface area contributed by atoms with E-state index in [1.807, 2.05) is 5.38 Å². The fourth-order valence-corrected chi connectivity index (χ4v) is 3.88. The lowest BCUT2D eigenvalue weighted by Crippen LogP contribution is -2.20. The fraction of sp³-hybridized carbons (Fsp3) is 0.0909. The molecule has 0 spiro atoms. The smallest absolute Gasteiger partial charge is 0.290 e. The Hall–Kier alpha value is -3.69. The maximum Gasteiger partial charge on any atom is 0.290 e. The topological polar surface area (TPSA) is 97.1 Å². The van der Waals surface area contributed by atoms with E-state index in [2.05, 4.69) is 20.8 Å². The molecule has 2 aromatic heterocycles. The Morgan fingerprint density at radius 3 is 2.78 bits per heavy atom. The molecule has 2 heterocycles. The molecule has 2 amide bonds. The molecule has 162 valence electrons. The normalized spacial score (nSPS) is 11.1. The van der Waals surface area contributed by atoms with Crippen molar-refractivity contribution >= 4 is 51.6 Å². The second-order valence-electron chi connectivity index (χ2n) is 6.69. The van der Waals surface area contributed by atoms with Crippen LogP contribution < -0.4 is 15.5 Å². The first-order valence-electron chi connectivity index (χ1n) is 9.54. The molecule has 8 nitrogen and oxygen atoms in total. The highest BCUT2D eigenvalue weighted by atomic mass is 35.5. The quantitative estimate of drug-likeness (QED) is 0.315. The van der Waals surface area contributed by atoms with Crippen LogP contribution in [0.25, 0.3) is 4.96 Å². The van der Waals surface area contributed by atoms with Gasteiger partial charge in [0, 0.05) is 11.6 Å². The molecule has 2 aromatic carbocycles. The molecule has 0 aliphatic rings. The zero-order valence-corrected chi connectivity index (χ0v) is 18.5. The third-order valence-corrected chi connectivity index (χ3v) is 5.52. The van der Waals surface area contributed by atoms with Crippen molar-refractivity contribution in [2.24, 2.45) is 5.10 Å². The second-order valence-corrected chi connectivity index (χ2v) is 7.97. The number of anilines is 1. The summed E-state index contributed by atoms with van der Waals surface area (Å²) in [6.45, 7) is 1.63. The number of para-hydroxylation sites is 1. The lowest BCUT2D eigenvalue weighted by Gasteiger charge is -2.08. The standard InChI is InChI=1S/C22H18ClN5O3S/c1-14-20(28-10-11-32-22(28)25-14)21(30)27-24-12-15-6-8-16(9-7-15)31-13-19(29)26-18-5-3-2-4-17(18)23/h2-12H,13H2,1H3,(H,26,29)(H,27,30)/b24-12-. The average molecular weight is 468 g/mol. The first kappa shape index (κ1) is 21.5. The second kappa shape index (κ2) is 9.63. The molecule has 0 bridgehead atoms. The zero-order valence-electron chi connectivity index (χ0n) is 16.9. The minimum Gasteiger partial charge on any atom is -0.484 e. The highest BCUT2D eigenvalue weighted by Crippen LogP contribution is 2.20. The number of carbonyl (C=O) groups excluding carboxylic acids is 2. The van der Waals surface area contributed by atoms with E-state index in [1.54, 1.807) is 66.1 Å². The van der Waals surface area contributed by atoms with Crippen molar-refractivity contribution in [2.45, 2.75) is 6.92 Å². The Balaban J connectivity index is 1.29. The number of amides is 2. The van der Waals surface area contributed by atoms with Crippen LogP contribution >= 0.6 is 22.9 Å². The van der Waals surface area contributed by atoms with Crippen LogP contribution in [0.4, 0.5) is 5.69 Å². The van der Waals surface area contributed by atoms with Gasteiger partial charge in [-0.1, -0.05) is 23.7 Å². The number of nitrogens with zero attached hydrogens (tertiary/aromatic N) is 3. The van der Waals surface area contributed by atoms with Gasteiger partial charge in [0.15, 0.2) is 11.6 Å². The van der Waals surface area contributed by atoms with Crippen LogP contribution in [0.2, 0.25) is 5.02 Å². The number of nitrogens with one attached hydrogen (secondary N) is 2. The van der Waals surface area contributed by atoms with Gasteiger partial charge in [-0.25, -0.2) is 10.4 Å². The minimum atomic E-state index is -0.339. The number of hydrogen-bond acceptors (Lipinski definition) is 6. The van der Waals surface area contributed by atoms with Gasteiger partial charge in [-0.3, -0.25) is 14.0 Å². The van der Waals surface area contributed by atoms with E-state index < -0.39 is 0 Å². The first-order chi connectivity index (χ1) is 15.5. The van der Waals surface area contributed by atoms with Crippen molar-refractivity contribution < 1.29 is 14.3 Å². The number of hydrogen-bond donors (Lipinski definition) is 2. The summed E-state index contributed by atoms with van der Waals surface area (Å²) in [6, 6.07) is 13.9. The van der Waals surface area contributed by atoms with Gasteiger partial charge in [0.05, 0.1) is 22.6 Å². The summed E-state index contributed by atoms with van der Waals surface area (Å²) in [7, 11) is 0. The molecular weight excluding hydrogens is 450 g/mol. The van der Waals surface area contributed by atoms with Gasteiger partial charge in [0.25, 0.3) is 11.8 Å². The minimum absolute atomic E-state index is 0.156. The number of aryl methyl sites for hydroxylation is 1. The summed E-state index contributed by atoms with van der Waals surface area (Å²) in [4.78, 5) is 29.6. The number of fused-ring (bicyclic) bond motifs is 1. The molecule has 0 aliphatic heterocycles. The number of benzene rings is 2. The maximum absolute atomic E-state index is 12.4. The Morgan fingerprint density at radius 1 is 1.22 bits per heavy atom. The third kappa shape index (κ3) is 4.96. The highest BCUT2D eigenvalue weighted by molar-refractivity contribution is 7.15. The van der Waals surface area contributed by atoms with Gasteiger partial charge in [-0.2, -0.15) is 5.10 Å². The van der Waals surface area contributed by atoms with E-state index in [0.29, 0.717) is 27.8 Å². The molecule has 0 saturated carbocycles. The molecule has 0 saturated heterocycles. The van der Waals surface area contributed by atoms with Crippen molar-refractivity contribution in [1.82, 2.24) is 14.8 Å². The molecule has 0 radical (unpaired) electrons. The van der Waals surface area contributed by atoms with Crippen molar-refractivity contribution in [3.05, 3.63) is 82.1 Å². The van der Waals surface area contributed by atoms with Gasteiger partial charge < -0.3 is 10.1 Å². The molecule has 32 heavy (non-hydrogen) atoms. The monoisotopic (exact) mass is 467 g/mol. The largest absolute Gasteiger partial charge is 0.484 e. The van der Waals surface area contributed by atoms with E-state index in [4.69, 9.17) is 16.3 Å². The summed E-state index contributed by atoms with van der Waals surface area (Å²) in [5.41, 5.74) is 4.90. The lowest BCUT2D eigenvalue weighted by atomic mass is 10.2.